The zero-order chi connectivity index (χ0) is 31.7. The van der Waals surface area contributed by atoms with Crippen LogP contribution in [-0.2, 0) is 26.2 Å². The lowest BCUT2D eigenvalue weighted by Gasteiger charge is -2.32. The van der Waals surface area contributed by atoms with E-state index in [1.165, 1.54) is 86.5 Å². The number of nitrogens with one attached hydrogen (secondary N) is 1. The Labute approximate surface area is 250 Å². The van der Waals surface area contributed by atoms with Gasteiger partial charge in [-0.2, -0.15) is 0 Å². The number of anilines is 1. The van der Waals surface area contributed by atoms with Crippen molar-refractivity contribution in [3.8, 4) is 5.75 Å². The number of rotatable bonds is 14. The molecule has 1 atom stereocenters. The maximum absolute atomic E-state index is 14.0. The van der Waals surface area contributed by atoms with E-state index in [0.29, 0.717) is 17.9 Å². The third kappa shape index (κ3) is 8.28. The van der Waals surface area contributed by atoms with Crippen LogP contribution in [0.2, 0.25) is 0 Å². The van der Waals surface area contributed by atoms with Crippen LogP contribution in [0.3, 0.4) is 0 Å². The molecule has 11 nitrogen and oxygen atoms in total. The van der Waals surface area contributed by atoms with Gasteiger partial charge in [0.15, 0.2) is 0 Å². The van der Waals surface area contributed by atoms with Gasteiger partial charge in [0.25, 0.3) is 15.7 Å². The highest BCUT2D eigenvalue weighted by Crippen LogP contribution is 2.29. The topological polar surface area (TPSA) is 139 Å². The third-order valence-corrected chi connectivity index (χ3v) is 8.64. The average Bonchev–Trinajstić information content (AvgIpc) is 2.99. The van der Waals surface area contributed by atoms with E-state index in [-0.39, 0.29) is 22.7 Å². The van der Waals surface area contributed by atoms with Crippen LogP contribution in [-0.4, -0.2) is 56.3 Å². The predicted octanol–water partition coefficient (Wildman–Crippen LogP) is 4.58. The molecule has 0 heterocycles. The van der Waals surface area contributed by atoms with Gasteiger partial charge < -0.3 is 15.0 Å². The van der Waals surface area contributed by atoms with Crippen molar-refractivity contribution in [3.05, 3.63) is 93.8 Å². The normalized spacial score (nSPS) is 11.8. The fraction of sp³-hybridized carbons (Fsp3) is 0.333. The fourth-order valence-electron chi connectivity index (χ4n) is 4.26. The van der Waals surface area contributed by atoms with Crippen molar-refractivity contribution >= 4 is 33.2 Å². The molecule has 0 aliphatic rings. The number of nitro benzene ring substituents is 1. The van der Waals surface area contributed by atoms with Gasteiger partial charge in [0.05, 0.1) is 22.6 Å². The summed E-state index contributed by atoms with van der Waals surface area (Å²) in [5.74, 6) is -1.19. The largest absolute Gasteiger partial charge is 0.497 e. The second-order valence-corrected chi connectivity index (χ2v) is 11.7. The summed E-state index contributed by atoms with van der Waals surface area (Å²) in [5.41, 5.74) is 0.497. The first-order valence-corrected chi connectivity index (χ1v) is 15.1. The lowest BCUT2D eigenvalue weighted by molar-refractivity contribution is -0.385. The summed E-state index contributed by atoms with van der Waals surface area (Å²) < 4.78 is 47.6. The Hall–Kier alpha value is -4.52. The summed E-state index contributed by atoms with van der Waals surface area (Å²) in [5, 5.41) is 14.4. The van der Waals surface area contributed by atoms with Gasteiger partial charge >= 0.3 is 0 Å². The Kier molecular flexibility index (Phi) is 11.2. The highest BCUT2D eigenvalue weighted by atomic mass is 32.2. The molecule has 0 aliphatic heterocycles. The Bertz CT molecular complexity index is 1550. The number of amides is 2. The Balaban J connectivity index is 2.06. The van der Waals surface area contributed by atoms with Gasteiger partial charge in [0.1, 0.15) is 24.2 Å². The van der Waals surface area contributed by atoms with Crippen molar-refractivity contribution in [1.29, 1.82) is 0 Å². The van der Waals surface area contributed by atoms with Crippen molar-refractivity contribution in [3.63, 3.8) is 0 Å². The van der Waals surface area contributed by atoms with Crippen LogP contribution < -0.4 is 14.4 Å². The highest BCUT2D eigenvalue weighted by molar-refractivity contribution is 7.92. The lowest BCUT2D eigenvalue weighted by atomic mass is 10.1. The maximum atomic E-state index is 14.0. The Morgan fingerprint density at radius 2 is 1.72 bits per heavy atom. The smallest absolute Gasteiger partial charge is 0.273 e. The first-order valence-electron chi connectivity index (χ1n) is 13.6. The maximum Gasteiger partial charge on any atom is 0.273 e. The van der Waals surface area contributed by atoms with Gasteiger partial charge in [-0.15, -0.1) is 0 Å². The van der Waals surface area contributed by atoms with E-state index in [9.17, 15) is 32.5 Å². The summed E-state index contributed by atoms with van der Waals surface area (Å²) in [6, 6.07) is 13.8. The second-order valence-electron chi connectivity index (χ2n) is 9.88. The number of halogens is 1. The molecule has 0 aliphatic carbocycles. The molecule has 2 amide bonds. The van der Waals surface area contributed by atoms with E-state index in [1.54, 1.807) is 0 Å². The van der Waals surface area contributed by atoms with Crippen molar-refractivity contribution in [2.45, 2.75) is 51.1 Å². The number of nitrogens with zero attached hydrogens (tertiary/aromatic N) is 3. The summed E-state index contributed by atoms with van der Waals surface area (Å²) >= 11 is 0. The molecular formula is C30H35FN4O7S. The van der Waals surface area contributed by atoms with Gasteiger partial charge in [-0.25, -0.2) is 12.8 Å². The van der Waals surface area contributed by atoms with E-state index in [4.69, 9.17) is 4.74 Å². The number of unbranched alkanes of at least 4 members (excludes halogenated alkanes) is 1. The molecule has 0 spiro atoms. The molecule has 0 saturated carbocycles. The van der Waals surface area contributed by atoms with Gasteiger partial charge in [0.2, 0.25) is 11.8 Å². The van der Waals surface area contributed by atoms with Crippen molar-refractivity contribution in [2.75, 3.05) is 24.5 Å². The molecule has 0 saturated heterocycles. The van der Waals surface area contributed by atoms with Crippen LogP contribution in [0.1, 0.15) is 37.8 Å². The number of carbonyl (C=O) groups is 2. The van der Waals surface area contributed by atoms with Crippen LogP contribution in [0, 0.1) is 22.9 Å². The molecular weight excluding hydrogens is 579 g/mol. The molecule has 3 rings (SSSR count). The summed E-state index contributed by atoms with van der Waals surface area (Å²) in [6.07, 6.45) is 1.58. The van der Waals surface area contributed by atoms with Gasteiger partial charge in [-0.05, 0) is 68.3 Å². The number of nitro groups is 1. The number of methoxy groups -OCH3 is 1. The average molecular weight is 615 g/mol. The minimum atomic E-state index is -4.53. The monoisotopic (exact) mass is 614 g/mol. The van der Waals surface area contributed by atoms with E-state index in [1.807, 2.05) is 6.92 Å². The van der Waals surface area contributed by atoms with Crippen LogP contribution >= 0.6 is 0 Å². The number of benzene rings is 3. The first-order chi connectivity index (χ1) is 20.4. The Morgan fingerprint density at radius 3 is 2.30 bits per heavy atom. The zero-order valence-corrected chi connectivity index (χ0v) is 25.3. The highest BCUT2D eigenvalue weighted by Gasteiger charge is 2.33. The molecule has 0 fully saturated rings. The van der Waals surface area contributed by atoms with E-state index in [2.05, 4.69) is 5.32 Å². The summed E-state index contributed by atoms with van der Waals surface area (Å²) in [4.78, 5) is 38.7. The number of carbonyl (C=O) groups excluding carboxylic acids is 2. The number of hydrogen-bond acceptors (Lipinski definition) is 7. The minimum Gasteiger partial charge on any atom is -0.497 e. The molecule has 1 unspecified atom stereocenters. The molecule has 3 aromatic carbocycles. The van der Waals surface area contributed by atoms with Crippen LogP contribution in [0.15, 0.2) is 71.6 Å². The lowest BCUT2D eigenvalue weighted by Crippen LogP contribution is -2.51. The third-order valence-electron chi connectivity index (χ3n) is 6.87. The molecule has 0 radical (unpaired) electrons. The predicted molar refractivity (Wildman–Crippen MR) is 160 cm³/mol. The van der Waals surface area contributed by atoms with E-state index in [0.717, 1.165) is 23.2 Å². The first kappa shape index (κ1) is 33.0. The molecule has 3 aromatic rings. The molecule has 13 heteroatoms. The van der Waals surface area contributed by atoms with Crippen molar-refractivity contribution in [2.24, 2.45) is 0 Å². The summed E-state index contributed by atoms with van der Waals surface area (Å²) in [7, 11) is -3.08. The second kappa shape index (κ2) is 14.6. The fourth-order valence-corrected chi connectivity index (χ4v) is 5.69. The number of sulfonamides is 1. The van der Waals surface area contributed by atoms with Gasteiger partial charge in [0, 0.05) is 24.7 Å². The minimum absolute atomic E-state index is 0.0964. The molecule has 0 aromatic heterocycles. The molecule has 230 valence electrons. The molecule has 1 N–H and O–H groups in total. The quantitative estimate of drug-likeness (QED) is 0.159. The standard InChI is InChI=1S/C30H35FN4O7S/c1-5-6-17-32-30(37)22(3)33(19-23-8-10-24(31)11-9-23)29(36)20-34(25-12-14-26(42-4)15-13-25)43(40,41)27-16-7-21(2)28(18-27)35(38)39/h7-16,18,22H,5-6,17,19-20H2,1-4H3,(H,32,37). The van der Waals surface area contributed by atoms with E-state index < -0.39 is 50.9 Å². The van der Waals surface area contributed by atoms with Crippen molar-refractivity contribution < 1.29 is 32.1 Å². The van der Waals surface area contributed by atoms with Crippen LogP contribution in [0.4, 0.5) is 15.8 Å². The Morgan fingerprint density at radius 1 is 1.07 bits per heavy atom. The number of hydrogen-bond donors (Lipinski definition) is 1. The SMILES string of the molecule is CCCCNC(=O)C(C)N(Cc1ccc(F)cc1)C(=O)CN(c1ccc(OC)cc1)S(=O)(=O)c1ccc(C)c([N+](=O)[O-])c1. The number of aryl methyl sites for hydroxylation is 1. The molecule has 0 bridgehead atoms. The van der Waals surface area contributed by atoms with Crippen LogP contribution in [0.25, 0.3) is 0 Å². The number of ether oxygens (including phenoxy) is 1. The van der Waals surface area contributed by atoms with Crippen molar-refractivity contribution in [1.82, 2.24) is 10.2 Å². The summed E-state index contributed by atoms with van der Waals surface area (Å²) in [6.45, 7) is 4.55. The van der Waals surface area contributed by atoms with Gasteiger partial charge in [-0.3, -0.25) is 24.0 Å². The zero-order valence-electron chi connectivity index (χ0n) is 24.4. The van der Waals surface area contributed by atoms with E-state index >= 15 is 0 Å². The van der Waals surface area contributed by atoms with Crippen LogP contribution in [0.5, 0.6) is 5.75 Å². The molecule has 43 heavy (non-hydrogen) atoms. The van der Waals surface area contributed by atoms with Gasteiger partial charge in [-0.1, -0.05) is 31.5 Å².